The Morgan fingerprint density at radius 1 is 1.00 bits per heavy atom. The van der Waals surface area contributed by atoms with Crippen LogP contribution in [0.25, 0.3) is 0 Å². The summed E-state index contributed by atoms with van der Waals surface area (Å²) in [4.78, 5) is 0. The van der Waals surface area contributed by atoms with Crippen molar-refractivity contribution in [3.63, 3.8) is 0 Å². The van der Waals surface area contributed by atoms with E-state index in [9.17, 15) is 4.39 Å². The van der Waals surface area contributed by atoms with E-state index in [-0.39, 0.29) is 5.82 Å². The lowest BCUT2D eigenvalue weighted by Gasteiger charge is -2.38. The van der Waals surface area contributed by atoms with Crippen molar-refractivity contribution >= 4 is 28.9 Å². The predicted octanol–water partition coefficient (Wildman–Crippen LogP) is 6.05. The van der Waals surface area contributed by atoms with Crippen molar-refractivity contribution in [2.45, 2.75) is 57.4 Å². The van der Waals surface area contributed by atoms with E-state index in [4.69, 9.17) is 23.2 Å². The van der Waals surface area contributed by atoms with E-state index >= 15 is 0 Å². The molecule has 1 spiro atoms. The van der Waals surface area contributed by atoms with Gasteiger partial charge >= 0.3 is 0 Å². The summed E-state index contributed by atoms with van der Waals surface area (Å²) < 4.78 is 13.2. The molecule has 2 saturated carbocycles. The highest BCUT2D eigenvalue weighted by Crippen LogP contribution is 2.49. The summed E-state index contributed by atoms with van der Waals surface area (Å²) >= 11 is 12.2. The molecule has 2 fully saturated rings. The highest BCUT2D eigenvalue weighted by Gasteiger charge is 2.37. The normalized spacial score (nSPS) is 22.4. The minimum absolute atomic E-state index is 0.371. The Balaban J connectivity index is 1.65. The zero-order chi connectivity index (χ0) is 14.2. The van der Waals surface area contributed by atoms with Gasteiger partial charge in [-0.05, 0) is 56.1 Å². The standard InChI is InChI=1S/C16H20Cl2FN/c17-13-9-11(19)10-14(18)15(13)20-12-3-7-16(8-4-12)5-1-2-6-16/h9-10,12,20H,1-8H2. The Kier molecular flexibility index (Phi) is 4.14. The molecule has 110 valence electrons. The van der Waals surface area contributed by atoms with E-state index in [0.717, 1.165) is 12.8 Å². The number of benzene rings is 1. The fourth-order valence-electron chi connectivity index (χ4n) is 3.88. The van der Waals surface area contributed by atoms with Crippen LogP contribution in [0.1, 0.15) is 51.4 Å². The van der Waals surface area contributed by atoms with Crippen molar-refractivity contribution in [1.82, 2.24) is 0 Å². The Hall–Kier alpha value is -0.470. The molecule has 0 heterocycles. The minimum Gasteiger partial charge on any atom is -0.380 e. The first kappa shape index (κ1) is 14.5. The second kappa shape index (κ2) is 5.73. The lowest BCUT2D eigenvalue weighted by atomic mass is 9.71. The topological polar surface area (TPSA) is 12.0 Å². The zero-order valence-electron chi connectivity index (χ0n) is 11.5. The molecule has 1 aromatic carbocycles. The van der Waals surface area contributed by atoms with Crippen molar-refractivity contribution in [2.24, 2.45) is 5.41 Å². The Labute approximate surface area is 129 Å². The van der Waals surface area contributed by atoms with Crippen molar-refractivity contribution in [1.29, 1.82) is 0 Å². The molecule has 0 aliphatic heterocycles. The molecule has 0 radical (unpaired) electrons. The molecule has 0 bridgehead atoms. The van der Waals surface area contributed by atoms with Gasteiger partial charge in [-0.1, -0.05) is 36.0 Å². The number of rotatable bonds is 2. The second-order valence-corrected chi connectivity index (χ2v) is 7.18. The number of hydrogen-bond acceptors (Lipinski definition) is 1. The Morgan fingerprint density at radius 3 is 2.10 bits per heavy atom. The molecule has 0 saturated heterocycles. The minimum atomic E-state index is -0.390. The molecular weight excluding hydrogens is 296 g/mol. The summed E-state index contributed by atoms with van der Waals surface area (Å²) in [5.74, 6) is -0.390. The molecule has 20 heavy (non-hydrogen) atoms. The lowest BCUT2D eigenvalue weighted by molar-refractivity contribution is 0.188. The number of hydrogen-bond donors (Lipinski definition) is 1. The first-order valence-corrected chi connectivity index (χ1v) is 8.25. The molecule has 3 rings (SSSR count). The van der Waals surface area contributed by atoms with Crippen molar-refractivity contribution < 1.29 is 4.39 Å². The Morgan fingerprint density at radius 2 is 1.55 bits per heavy atom. The van der Waals surface area contributed by atoms with Gasteiger partial charge in [-0.15, -0.1) is 0 Å². The maximum absolute atomic E-state index is 13.2. The van der Waals surface area contributed by atoms with Crippen LogP contribution in [0.4, 0.5) is 10.1 Å². The number of halogens is 3. The smallest absolute Gasteiger partial charge is 0.126 e. The summed E-state index contributed by atoms with van der Waals surface area (Å²) in [6, 6.07) is 3.04. The second-order valence-electron chi connectivity index (χ2n) is 6.37. The molecule has 1 aromatic rings. The summed E-state index contributed by atoms with van der Waals surface area (Å²) in [5.41, 5.74) is 1.30. The van der Waals surface area contributed by atoms with Gasteiger partial charge in [-0.2, -0.15) is 0 Å². The van der Waals surface area contributed by atoms with Crippen LogP contribution in [0.15, 0.2) is 12.1 Å². The van der Waals surface area contributed by atoms with Crippen LogP contribution >= 0.6 is 23.2 Å². The molecule has 1 nitrogen and oxygen atoms in total. The van der Waals surface area contributed by atoms with Crippen LogP contribution in [0.5, 0.6) is 0 Å². The molecule has 2 aliphatic carbocycles. The van der Waals surface area contributed by atoms with Gasteiger partial charge in [-0.25, -0.2) is 4.39 Å². The van der Waals surface area contributed by atoms with Crippen LogP contribution < -0.4 is 5.32 Å². The van der Waals surface area contributed by atoms with Gasteiger partial charge in [0.2, 0.25) is 0 Å². The van der Waals surface area contributed by atoms with E-state index in [0.29, 0.717) is 27.2 Å². The van der Waals surface area contributed by atoms with Gasteiger partial charge in [0, 0.05) is 6.04 Å². The Bertz CT molecular complexity index is 464. The van der Waals surface area contributed by atoms with Crippen molar-refractivity contribution in [2.75, 3.05) is 5.32 Å². The van der Waals surface area contributed by atoms with E-state index in [2.05, 4.69) is 5.32 Å². The fourth-order valence-corrected chi connectivity index (χ4v) is 4.45. The number of anilines is 1. The van der Waals surface area contributed by atoms with Gasteiger partial charge in [0.05, 0.1) is 15.7 Å². The lowest BCUT2D eigenvalue weighted by Crippen LogP contribution is -2.31. The van der Waals surface area contributed by atoms with E-state index in [1.807, 2.05) is 0 Å². The highest BCUT2D eigenvalue weighted by molar-refractivity contribution is 6.39. The highest BCUT2D eigenvalue weighted by atomic mass is 35.5. The van der Waals surface area contributed by atoms with Crippen LogP contribution in [0.3, 0.4) is 0 Å². The van der Waals surface area contributed by atoms with E-state index in [1.165, 1.54) is 50.7 Å². The van der Waals surface area contributed by atoms with E-state index in [1.54, 1.807) is 0 Å². The van der Waals surface area contributed by atoms with Gasteiger partial charge < -0.3 is 5.32 Å². The zero-order valence-corrected chi connectivity index (χ0v) is 13.0. The van der Waals surface area contributed by atoms with Gasteiger partial charge in [0.15, 0.2) is 0 Å². The molecule has 0 atom stereocenters. The molecule has 2 aliphatic rings. The third-order valence-electron chi connectivity index (χ3n) is 5.07. The quantitative estimate of drug-likeness (QED) is 0.700. The third kappa shape index (κ3) is 2.92. The maximum atomic E-state index is 13.2. The summed E-state index contributed by atoms with van der Waals surface area (Å²) in [6.45, 7) is 0. The van der Waals surface area contributed by atoms with Gasteiger partial charge in [-0.3, -0.25) is 0 Å². The molecular formula is C16H20Cl2FN. The van der Waals surface area contributed by atoms with Gasteiger partial charge in [0.25, 0.3) is 0 Å². The molecule has 0 unspecified atom stereocenters. The summed E-state index contributed by atoms with van der Waals surface area (Å²) in [6.07, 6.45) is 10.5. The average Bonchev–Trinajstić information content (AvgIpc) is 2.85. The largest absolute Gasteiger partial charge is 0.380 e. The van der Waals surface area contributed by atoms with Crippen LogP contribution in [-0.2, 0) is 0 Å². The van der Waals surface area contributed by atoms with Crippen LogP contribution in [-0.4, -0.2) is 6.04 Å². The summed E-state index contributed by atoms with van der Waals surface area (Å²) in [7, 11) is 0. The summed E-state index contributed by atoms with van der Waals surface area (Å²) in [5, 5.41) is 4.16. The SMILES string of the molecule is Fc1cc(Cl)c(NC2CCC3(CCCC3)CC2)c(Cl)c1. The van der Waals surface area contributed by atoms with Crippen LogP contribution in [0, 0.1) is 11.2 Å². The fraction of sp³-hybridized carbons (Fsp3) is 0.625. The predicted molar refractivity (Wildman–Crippen MR) is 83.2 cm³/mol. The molecule has 0 amide bonds. The van der Waals surface area contributed by atoms with E-state index < -0.39 is 0 Å². The molecule has 4 heteroatoms. The average molecular weight is 316 g/mol. The van der Waals surface area contributed by atoms with Gasteiger partial charge in [0.1, 0.15) is 5.82 Å². The molecule has 1 N–H and O–H groups in total. The first-order chi connectivity index (χ1) is 9.58. The number of nitrogens with one attached hydrogen (secondary N) is 1. The monoisotopic (exact) mass is 315 g/mol. The maximum Gasteiger partial charge on any atom is 0.126 e. The van der Waals surface area contributed by atoms with Crippen molar-refractivity contribution in [3.8, 4) is 0 Å². The third-order valence-corrected chi connectivity index (χ3v) is 5.66. The molecule has 0 aromatic heterocycles. The van der Waals surface area contributed by atoms with Crippen LogP contribution in [0.2, 0.25) is 10.0 Å². The first-order valence-electron chi connectivity index (χ1n) is 7.49. The van der Waals surface area contributed by atoms with Crippen molar-refractivity contribution in [3.05, 3.63) is 28.0 Å².